The summed E-state index contributed by atoms with van der Waals surface area (Å²) in [5.41, 5.74) is 3.69. The molecule has 2 N–H and O–H groups in total. The predicted molar refractivity (Wildman–Crippen MR) is 117 cm³/mol. The lowest BCUT2D eigenvalue weighted by atomic mass is 10.0. The molecule has 7 nitrogen and oxygen atoms in total. The first-order valence-electron chi connectivity index (χ1n) is 9.07. The predicted octanol–water partition coefficient (Wildman–Crippen LogP) is 5.13. The van der Waals surface area contributed by atoms with Crippen molar-refractivity contribution in [3.63, 3.8) is 0 Å². The number of ether oxygens (including phenoxy) is 2. The van der Waals surface area contributed by atoms with Crippen molar-refractivity contribution in [2.45, 2.75) is 6.92 Å². The minimum Gasteiger partial charge on any atom is -0.493 e. The minimum atomic E-state index is -0.979. The number of aryl methyl sites for hydroxylation is 1. The van der Waals surface area contributed by atoms with Crippen LogP contribution in [0, 0.1) is 6.92 Å². The molecule has 0 atom stereocenters. The molecule has 0 spiro atoms. The van der Waals surface area contributed by atoms with Crippen LogP contribution in [0.2, 0.25) is 0 Å². The fraction of sp³-hybridized carbons (Fsp3) is 0.136. The number of carbonyl (C=O) groups is 1. The van der Waals surface area contributed by atoms with Gasteiger partial charge in [0.25, 0.3) is 0 Å². The van der Waals surface area contributed by atoms with Gasteiger partial charge >= 0.3 is 5.97 Å². The zero-order chi connectivity index (χ0) is 21.3. The quantitative estimate of drug-likeness (QED) is 0.446. The average Bonchev–Trinajstić information content (AvgIpc) is 3.19. The van der Waals surface area contributed by atoms with Crippen molar-refractivity contribution < 1.29 is 19.4 Å². The topological polar surface area (TPSA) is 93.6 Å². The first-order chi connectivity index (χ1) is 14.5. The summed E-state index contributed by atoms with van der Waals surface area (Å²) in [4.78, 5) is 21.0. The lowest BCUT2D eigenvalue weighted by Crippen LogP contribution is -2.01. The molecule has 2 aromatic heterocycles. The summed E-state index contributed by atoms with van der Waals surface area (Å²) >= 11 is 1.51. The number of anilines is 2. The summed E-state index contributed by atoms with van der Waals surface area (Å²) < 4.78 is 10.8. The van der Waals surface area contributed by atoms with Gasteiger partial charge in [-0.25, -0.2) is 14.8 Å². The number of thiophene rings is 1. The third-order valence-corrected chi connectivity index (χ3v) is 5.69. The summed E-state index contributed by atoms with van der Waals surface area (Å²) in [7, 11) is 3.20. The van der Waals surface area contributed by atoms with Gasteiger partial charge in [0.2, 0.25) is 0 Å². The molecule has 0 radical (unpaired) electrons. The average molecular weight is 421 g/mol. The number of nitrogens with one attached hydrogen (secondary N) is 1. The summed E-state index contributed by atoms with van der Waals surface area (Å²) in [5, 5.41) is 15.5. The smallest absolute Gasteiger partial charge is 0.335 e. The number of fused-ring (bicyclic) bond motifs is 1. The number of methoxy groups -OCH3 is 2. The molecule has 8 heteroatoms. The molecule has 4 rings (SSSR count). The van der Waals surface area contributed by atoms with Gasteiger partial charge in [-0.05, 0) is 42.3 Å². The highest BCUT2D eigenvalue weighted by Gasteiger charge is 2.16. The zero-order valence-corrected chi connectivity index (χ0v) is 17.4. The van der Waals surface area contributed by atoms with E-state index in [4.69, 9.17) is 9.47 Å². The Morgan fingerprint density at radius 3 is 2.60 bits per heavy atom. The van der Waals surface area contributed by atoms with E-state index in [0.717, 1.165) is 26.9 Å². The van der Waals surface area contributed by atoms with E-state index in [1.165, 1.54) is 17.7 Å². The molecule has 0 aliphatic heterocycles. The molecule has 2 heterocycles. The Morgan fingerprint density at radius 2 is 1.87 bits per heavy atom. The van der Waals surface area contributed by atoms with E-state index in [1.54, 1.807) is 32.4 Å². The van der Waals surface area contributed by atoms with Gasteiger partial charge in [0, 0.05) is 16.6 Å². The fourth-order valence-electron chi connectivity index (χ4n) is 3.20. The van der Waals surface area contributed by atoms with Crippen molar-refractivity contribution in [1.29, 1.82) is 0 Å². The van der Waals surface area contributed by atoms with Crippen LogP contribution in [0.5, 0.6) is 11.5 Å². The Kier molecular flexibility index (Phi) is 5.24. The number of rotatable bonds is 6. The van der Waals surface area contributed by atoms with Crippen molar-refractivity contribution in [2.24, 2.45) is 0 Å². The molecular weight excluding hydrogens is 402 g/mol. The molecule has 0 amide bonds. The Bertz CT molecular complexity index is 1250. The van der Waals surface area contributed by atoms with Crippen LogP contribution in [0.15, 0.2) is 48.1 Å². The number of aromatic carboxylic acids is 1. The van der Waals surface area contributed by atoms with Gasteiger partial charge in [-0.1, -0.05) is 12.1 Å². The van der Waals surface area contributed by atoms with E-state index in [9.17, 15) is 9.90 Å². The Morgan fingerprint density at radius 1 is 1.07 bits per heavy atom. The molecule has 152 valence electrons. The van der Waals surface area contributed by atoms with Crippen LogP contribution in [-0.2, 0) is 0 Å². The second-order valence-corrected chi connectivity index (χ2v) is 7.44. The molecule has 30 heavy (non-hydrogen) atoms. The maximum atomic E-state index is 11.4. The summed E-state index contributed by atoms with van der Waals surface area (Å²) in [6, 6.07) is 10.7. The van der Waals surface area contributed by atoms with Crippen molar-refractivity contribution in [1.82, 2.24) is 9.97 Å². The van der Waals surface area contributed by atoms with E-state index in [-0.39, 0.29) is 5.56 Å². The molecule has 0 fully saturated rings. The number of aromatic nitrogens is 2. The molecule has 2 aromatic carbocycles. The number of carboxylic acid groups (broad SMARTS) is 1. The minimum absolute atomic E-state index is 0.207. The summed E-state index contributed by atoms with van der Waals surface area (Å²) in [6.45, 7) is 1.91. The van der Waals surface area contributed by atoms with Crippen molar-refractivity contribution >= 4 is 39.0 Å². The molecule has 0 bridgehead atoms. The van der Waals surface area contributed by atoms with Gasteiger partial charge in [-0.2, -0.15) is 0 Å². The Balaban J connectivity index is 1.83. The monoisotopic (exact) mass is 421 g/mol. The lowest BCUT2D eigenvalue weighted by molar-refractivity contribution is 0.0697. The number of carboxylic acids is 1. The van der Waals surface area contributed by atoms with Crippen LogP contribution in [0.3, 0.4) is 0 Å². The van der Waals surface area contributed by atoms with Crippen LogP contribution >= 0.6 is 11.3 Å². The molecule has 0 aliphatic rings. The molecular formula is C22H19N3O4S. The highest BCUT2D eigenvalue weighted by Crippen LogP contribution is 2.40. The van der Waals surface area contributed by atoms with Gasteiger partial charge in [0.15, 0.2) is 11.5 Å². The lowest BCUT2D eigenvalue weighted by Gasteiger charge is -2.12. The zero-order valence-electron chi connectivity index (χ0n) is 16.6. The van der Waals surface area contributed by atoms with Gasteiger partial charge in [0.1, 0.15) is 17.0 Å². The maximum Gasteiger partial charge on any atom is 0.335 e. The Hall–Kier alpha value is -3.65. The van der Waals surface area contributed by atoms with Crippen molar-refractivity contribution in [3.05, 3.63) is 59.2 Å². The second-order valence-electron chi connectivity index (χ2n) is 6.58. The van der Waals surface area contributed by atoms with Crippen LogP contribution in [-0.4, -0.2) is 35.3 Å². The third kappa shape index (κ3) is 3.53. The number of hydrogen-bond acceptors (Lipinski definition) is 7. The third-order valence-electron chi connectivity index (χ3n) is 4.80. The highest BCUT2D eigenvalue weighted by atomic mass is 32.1. The van der Waals surface area contributed by atoms with Crippen LogP contribution in [0.1, 0.15) is 15.9 Å². The first-order valence-corrected chi connectivity index (χ1v) is 9.95. The van der Waals surface area contributed by atoms with E-state index in [0.29, 0.717) is 23.0 Å². The van der Waals surface area contributed by atoms with Gasteiger partial charge < -0.3 is 19.9 Å². The van der Waals surface area contributed by atoms with Crippen molar-refractivity contribution in [3.8, 4) is 22.6 Å². The molecule has 0 unspecified atom stereocenters. The summed E-state index contributed by atoms with van der Waals surface area (Å²) in [6.07, 6.45) is 1.50. The van der Waals surface area contributed by atoms with Crippen LogP contribution < -0.4 is 14.8 Å². The number of nitrogens with zero attached hydrogens (tertiary/aromatic N) is 2. The van der Waals surface area contributed by atoms with E-state index in [2.05, 4.69) is 15.3 Å². The Labute approximate surface area is 176 Å². The van der Waals surface area contributed by atoms with Crippen molar-refractivity contribution in [2.75, 3.05) is 19.5 Å². The normalized spacial score (nSPS) is 10.8. The van der Waals surface area contributed by atoms with E-state index >= 15 is 0 Å². The standard InChI is InChI=1S/C22H19N3O4S/c1-12-4-5-14(22(26)27)8-16(12)25-20-19-15(10-30-21(19)24-11-23-20)13-6-7-17(28-2)18(9-13)29-3/h4-11H,1-3H3,(H,26,27)(H,23,24,25). The van der Waals surface area contributed by atoms with Crippen LogP contribution in [0.4, 0.5) is 11.5 Å². The maximum absolute atomic E-state index is 11.4. The van der Waals surface area contributed by atoms with E-state index in [1.807, 2.05) is 30.5 Å². The van der Waals surface area contributed by atoms with Crippen LogP contribution in [0.25, 0.3) is 21.3 Å². The first kappa shape index (κ1) is 19.7. The SMILES string of the molecule is COc1ccc(-c2csc3ncnc(Nc4cc(C(=O)O)ccc4C)c23)cc1OC. The summed E-state index contributed by atoms with van der Waals surface area (Å²) in [5.74, 6) is 0.909. The van der Waals surface area contributed by atoms with Gasteiger partial charge in [-0.15, -0.1) is 11.3 Å². The molecule has 0 saturated heterocycles. The largest absolute Gasteiger partial charge is 0.493 e. The second kappa shape index (κ2) is 8.00. The van der Waals surface area contributed by atoms with Gasteiger partial charge in [-0.3, -0.25) is 0 Å². The molecule has 4 aromatic rings. The van der Waals surface area contributed by atoms with E-state index < -0.39 is 5.97 Å². The molecule has 0 aliphatic carbocycles. The fourth-order valence-corrected chi connectivity index (χ4v) is 4.12. The highest BCUT2D eigenvalue weighted by molar-refractivity contribution is 7.17. The molecule has 0 saturated carbocycles. The number of benzene rings is 2. The van der Waals surface area contributed by atoms with Gasteiger partial charge in [0.05, 0.1) is 25.2 Å². The number of hydrogen-bond donors (Lipinski definition) is 2.